The van der Waals surface area contributed by atoms with Gasteiger partial charge in [0.25, 0.3) is 0 Å². The van der Waals surface area contributed by atoms with Crippen molar-refractivity contribution < 1.29 is 14.3 Å². The van der Waals surface area contributed by atoms with Crippen LogP contribution in [0.5, 0.6) is 0 Å². The number of hydrogen-bond acceptors (Lipinski definition) is 4. The molecule has 6 nitrogen and oxygen atoms in total. The van der Waals surface area contributed by atoms with Crippen molar-refractivity contribution in [3.8, 4) is 0 Å². The van der Waals surface area contributed by atoms with E-state index in [4.69, 9.17) is 4.74 Å². The molecule has 1 aromatic heterocycles. The minimum Gasteiger partial charge on any atom is -0.370 e. The molecule has 3 rings (SSSR count). The fourth-order valence-corrected chi connectivity index (χ4v) is 3.05. The van der Waals surface area contributed by atoms with E-state index in [1.807, 2.05) is 42.2 Å². The maximum absolute atomic E-state index is 12.6. The highest BCUT2D eigenvalue weighted by Crippen LogP contribution is 2.25. The first-order valence-corrected chi connectivity index (χ1v) is 8.52. The van der Waals surface area contributed by atoms with E-state index in [0.717, 1.165) is 5.56 Å². The van der Waals surface area contributed by atoms with Gasteiger partial charge in [-0.3, -0.25) is 14.3 Å². The quantitative estimate of drug-likeness (QED) is 0.783. The first-order valence-electron chi connectivity index (χ1n) is 8.52. The second-order valence-corrected chi connectivity index (χ2v) is 6.45. The average Bonchev–Trinajstić information content (AvgIpc) is 3.07. The Bertz CT molecular complexity index is 741. The van der Waals surface area contributed by atoms with Crippen molar-refractivity contribution in [1.82, 2.24) is 14.7 Å². The van der Waals surface area contributed by atoms with E-state index in [0.29, 0.717) is 18.7 Å². The summed E-state index contributed by atoms with van der Waals surface area (Å²) >= 11 is 0. The number of ketones is 1. The Morgan fingerprint density at radius 1 is 1.24 bits per heavy atom. The van der Waals surface area contributed by atoms with Crippen LogP contribution in [0.25, 0.3) is 0 Å². The van der Waals surface area contributed by atoms with Crippen LogP contribution in [-0.2, 0) is 16.6 Å². The highest BCUT2D eigenvalue weighted by atomic mass is 16.5. The second kappa shape index (κ2) is 7.61. The molecule has 1 aliphatic rings. The lowest BCUT2D eigenvalue weighted by molar-refractivity contribution is -0.144. The van der Waals surface area contributed by atoms with Gasteiger partial charge in [0.1, 0.15) is 6.10 Å². The van der Waals surface area contributed by atoms with Crippen LogP contribution >= 0.6 is 0 Å². The van der Waals surface area contributed by atoms with E-state index in [1.165, 1.54) is 6.20 Å². The number of benzene rings is 1. The van der Waals surface area contributed by atoms with Gasteiger partial charge in [-0.15, -0.1) is 0 Å². The third kappa shape index (κ3) is 4.14. The Balaban J connectivity index is 1.59. The van der Waals surface area contributed by atoms with Gasteiger partial charge in [0, 0.05) is 26.1 Å². The van der Waals surface area contributed by atoms with Crippen LogP contribution in [-0.4, -0.2) is 45.6 Å². The topological polar surface area (TPSA) is 64.4 Å². The molecule has 6 heteroatoms. The van der Waals surface area contributed by atoms with Gasteiger partial charge in [-0.2, -0.15) is 5.10 Å². The van der Waals surface area contributed by atoms with Crippen molar-refractivity contribution >= 4 is 11.7 Å². The smallest absolute Gasteiger partial charge is 0.223 e. The molecule has 1 saturated heterocycles. The summed E-state index contributed by atoms with van der Waals surface area (Å²) in [6, 6.07) is 9.93. The zero-order valence-electron chi connectivity index (χ0n) is 14.6. The number of aromatic nitrogens is 2. The molecule has 1 aromatic carbocycles. The van der Waals surface area contributed by atoms with Crippen molar-refractivity contribution in [2.75, 3.05) is 13.2 Å². The fourth-order valence-electron chi connectivity index (χ4n) is 3.05. The summed E-state index contributed by atoms with van der Waals surface area (Å²) < 4.78 is 7.47. The Kier molecular flexibility index (Phi) is 5.28. The molecule has 1 amide bonds. The highest BCUT2D eigenvalue weighted by Gasteiger charge is 2.30. The molecule has 0 aliphatic carbocycles. The van der Waals surface area contributed by atoms with Crippen molar-refractivity contribution in [2.45, 2.75) is 31.9 Å². The van der Waals surface area contributed by atoms with Gasteiger partial charge in [-0.1, -0.05) is 30.3 Å². The van der Waals surface area contributed by atoms with Gasteiger partial charge < -0.3 is 9.64 Å². The van der Waals surface area contributed by atoms with Crippen LogP contribution in [0.3, 0.4) is 0 Å². The number of carbonyl (C=O) groups is 2. The molecule has 2 unspecified atom stereocenters. The number of aryl methyl sites for hydroxylation is 1. The summed E-state index contributed by atoms with van der Waals surface area (Å²) in [5.41, 5.74) is 1.62. The summed E-state index contributed by atoms with van der Waals surface area (Å²) in [5, 5.41) is 3.99. The molecule has 1 fully saturated rings. The predicted molar refractivity (Wildman–Crippen MR) is 93.1 cm³/mol. The molecular formula is C19H23N3O3. The van der Waals surface area contributed by atoms with E-state index < -0.39 is 0 Å². The van der Waals surface area contributed by atoms with Crippen molar-refractivity contribution in [3.05, 3.63) is 53.9 Å². The molecule has 0 spiro atoms. The summed E-state index contributed by atoms with van der Waals surface area (Å²) in [6.45, 7) is 3.00. The monoisotopic (exact) mass is 341 g/mol. The maximum atomic E-state index is 12.6. The van der Waals surface area contributed by atoms with E-state index in [2.05, 4.69) is 5.10 Å². The van der Waals surface area contributed by atoms with Crippen LogP contribution in [0.4, 0.5) is 0 Å². The average molecular weight is 341 g/mol. The first-order chi connectivity index (χ1) is 12.0. The zero-order valence-corrected chi connectivity index (χ0v) is 14.6. The third-order valence-corrected chi connectivity index (χ3v) is 4.52. The lowest BCUT2D eigenvalue weighted by atomic mass is 10.0. The summed E-state index contributed by atoms with van der Waals surface area (Å²) in [4.78, 5) is 26.6. The van der Waals surface area contributed by atoms with Crippen LogP contribution in [0.1, 0.15) is 41.8 Å². The molecule has 0 bridgehead atoms. The minimum absolute atomic E-state index is 0.00558. The molecule has 2 aromatic rings. The highest BCUT2D eigenvalue weighted by molar-refractivity contribution is 5.97. The predicted octanol–water partition coefficient (Wildman–Crippen LogP) is 2.37. The van der Waals surface area contributed by atoms with E-state index >= 15 is 0 Å². The van der Waals surface area contributed by atoms with Gasteiger partial charge in [0.2, 0.25) is 5.91 Å². The summed E-state index contributed by atoms with van der Waals surface area (Å²) in [7, 11) is 1.76. The first kappa shape index (κ1) is 17.4. The van der Waals surface area contributed by atoms with E-state index in [-0.39, 0.29) is 36.7 Å². The van der Waals surface area contributed by atoms with Crippen molar-refractivity contribution in [1.29, 1.82) is 0 Å². The third-order valence-electron chi connectivity index (χ3n) is 4.52. The molecule has 0 saturated carbocycles. The van der Waals surface area contributed by atoms with Gasteiger partial charge >= 0.3 is 0 Å². The minimum atomic E-state index is -0.115. The number of Topliss-reactive ketones (excluding diaryl/α,β-unsaturated/α-hetero) is 1. The standard InChI is InChI=1S/C19H23N3O3/c1-14-13-25-18(15-6-4-3-5-7-15)12-22(14)19(24)9-8-17(23)16-10-20-21(2)11-16/h3-7,10-11,14,18H,8-9,12-13H2,1-2H3. The molecule has 2 atom stereocenters. The largest absolute Gasteiger partial charge is 0.370 e. The maximum Gasteiger partial charge on any atom is 0.223 e. The van der Waals surface area contributed by atoms with Crippen LogP contribution in [0.2, 0.25) is 0 Å². The SMILES string of the molecule is CC1COC(c2ccccc2)CN1C(=O)CCC(=O)c1cnn(C)c1. The molecular weight excluding hydrogens is 318 g/mol. The van der Waals surface area contributed by atoms with Gasteiger partial charge in [0.15, 0.2) is 5.78 Å². The number of hydrogen-bond donors (Lipinski definition) is 0. The van der Waals surface area contributed by atoms with E-state index in [9.17, 15) is 9.59 Å². The molecule has 132 valence electrons. The van der Waals surface area contributed by atoms with Crippen molar-refractivity contribution in [2.24, 2.45) is 7.05 Å². The van der Waals surface area contributed by atoms with Crippen molar-refractivity contribution in [3.63, 3.8) is 0 Å². The molecule has 0 N–H and O–H groups in total. The molecule has 1 aliphatic heterocycles. The molecule has 25 heavy (non-hydrogen) atoms. The van der Waals surface area contributed by atoms with Gasteiger partial charge in [-0.25, -0.2) is 0 Å². The van der Waals surface area contributed by atoms with Crippen LogP contribution in [0, 0.1) is 0 Å². The van der Waals surface area contributed by atoms with E-state index in [1.54, 1.807) is 17.9 Å². The Hall–Kier alpha value is -2.47. The summed E-state index contributed by atoms with van der Waals surface area (Å²) in [5.74, 6) is -0.0593. The zero-order chi connectivity index (χ0) is 17.8. The van der Waals surface area contributed by atoms with Gasteiger partial charge in [0.05, 0.1) is 31.0 Å². The molecule has 0 radical (unpaired) electrons. The number of nitrogens with zero attached hydrogens (tertiary/aromatic N) is 3. The Morgan fingerprint density at radius 2 is 2.00 bits per heavy atom. The summed E-state index contributed by atoms with van der Waals surface area (Å²) in [6.07, 6.45) is 3.51. The number of carbonyl (C=O) groups excluding carboxylic acids is 2. The lowest BCUT2D eigenvalue weighted by Crippen LogP contribution is -2.48. The Morgan fingerprint density at radius 3 is 2.68 bits per heavy atom. The van der Waals surface area contributed by atoms with Gasteiger partial charge in [-0.05, 0) is 12.5 Å². The number of rotatable bonds is 5. The van der Waals surface area contributed by atoms with Crippen LogP contribution < -0.4 is 0 Å². The number of ether oxygens (including phenoxy) is 1. The number of amides is 1. The molecule has 2 heterocycles. The van der Waals surface area contributed by atoms with Crippen LogP contribution in [0.15, 0.2) is 42.7 Å². The normalized spacial score (nSPS) is 20.5. The second-order valence-electron chi connectivity index (χ2n) is 6.45. The fraction of sp³-hybridized carbons (Fsp3) is 0.421. The number of morpholine rings is 1. The lowest BCUT2D eigenvalue weighted by Gasteiger charge is -2.38. The Labute approximate surface area is 147 Å².